The molecule has 1 N–H and O–H groups in total. The molecule has 0 aromatic carbocycles. The van der Waals surface area contributed by atoms with Gasteiger partial charge in [0.1, 0.15) is 6.10 Å². The first-order valence-electron chi connectivity index (χ1n) is 5.41. The average molecular weight is 194 g/mol. The van der Waals surface area contributed by atoms with Crippen molar-refractivity contribution in [3.8, 4) is 0 Å². The maximum atomic E-state index is 11.5. The van der Waals surface area contributed by atoms with E-state index in [-0.39, 0.29) is 11.2 Å². The fraction of sp³-hybridized carbons (Fsp3) is 0.750. The number of allylic oxidation sites excluding steroid dienone is 1. The van der Waals surface area contributed by atoms with E-state index in [0.717, 1.165) is 19.3 Å². The zero-order valence-corrected chi connectivity index (χ0v) is 8.75. The molecule has 0 radical (unpaired) electrons. The standard InChI is InChI=1S/C12H18O2/c1-8-4-3-5-12(2)7-11(14)10(13)6-9(8)12/h9-10,13H,1,3-7H2,2H3/t9-,10?,12+/m1/s1. The third kappa shape index (κ3) is 1.42. The molecule has 2 rings (SSSR count). The molecule has 0 saturated heterocycles. The highest BCUT2D eigenvalue weighted by Crippen LogP contribution is 2.50. The van der Waals surface area contributed by atoms with Crippen molar-refractivity contribution in [2.24, 2.45) is 11.3 Å². The Morgan fingerprint density at radius 3 is 3.00 bits per heavy atom. The fourth-order valence-corrected chi connectivity index (χ4v) is 3.09. The number of aliphatic hydroxyl groups excluding tert-OH is 1. The molecule has 2 fully saturated rings. The lowest BCUT2D eigenvalue weighted by atomic mass is 9.58. The first kappa shape index (κ1) is 9.91. The van der Waals surface area contributed by atoms with Gasteiger partial charge in [-0.3, -0.25) is 4.79 Å². The summed E-state index contributed by atoms with van der Waals surface area (Å²) in [6, 6.07) is 0. The lowest BCUT2D eigenvalue weighted by Gasteiger charge is -2.46. The van der Waals surface area contributed by atoms with Gasteiger partial charge in [-0.25, -0.2) is 0 Å². The Bertz CT molecular complexity index is 282. The third-order valence-electron chi connectivity index (χ3n) is 3.99. The second-order valence-corrected chi connectivity index (χ2v) is 5.11. The number of aliphatic hydroxyl groups is 1. The Morgan fingerprint density at radius 1 is 1.57 bits per heavy atom. The monoisotopic (exact) mass is 194 g/mol. The molecule has 0 aromatic heterocycles. The highest BCUT2D eigenvalue weighted by atomic mass is 16.3. The molecule has 3 atom stereocenters. The normalized spacial score (nSPS) is 43.6. The van der Waals surface area contributed by atoms with Gasteiger partial charge >= 0.3 is 0 Å². The number of carbonyl (C=O) groups is 1. The molecule has 2 aliphatic rings. The predicted molar refractivity (Wildman–Crippen MR) is 54.8 cm³/mol. The van der Waals surface area contributed by atoms with E-state index in [9.17, 15) is 9.90 Å². The predicted octanol–water partition coefficient (Wildman–Crippen LogP) is 2.07. The van der Waals surface area contributed by atoms with Gasteiger partial charge in [-0.15, -0.1) is 0 Å². The summed E-state index contributed by atoms with van der Waals surface area (Å²) < 4.78 is 0. The van der Waals surface area contributed by atoms with Crippen LogP contribution in [0.15, 0.2) is 12.2 Å². The summed E-state index contributed by atoms with van der Waals surface area (Å²) in [4.78, 5) is 11.5. The van der Waals surface area contributed by atoms with E-state index in [1.54, 1.807) is 0 Å². The molecule has 14 heavy (non-hydrogen) atoms. The largest absolute Gasteiger partial charge is 0.385 e. The Hall–Kier alpha value is -0.630. The minimum absolute atomic E-state index is 0.0263. The second-order valence-electron chi connectivity index (χ2n) is 5.11. The number of Topliss-reactive ketones (excluding diaryl/α,β-unsaturated/α-hetero) is 1. The summed E-state index contributed by atoms with van der Waals surface area (Å²) >= 11 is 0. The molecular formula is C12H18O2. The fourth-order valence-electron chi connectivity index (χ4n) is 3.09. The molecule has 2 saturated carbocycles. The quantitative estimate of drug-likeness (QED) is 0.599. The number of hydrogen-bond donors (Lipinski definition) is 1. The van der Waals surface area contributed by atoms with E-state index < -0.39 is 6.10 Å². The third-order valence-corrected chi connectivity index (χ3v) is 3.99. The van der Waals surface area contributed by atoms with Crippen LogP contribution < -0.4 is 0 Å². The van der Waals surface area contributed by atoms with E-state index >= 15 is 0 Å². The Morgan fingerprint density at radius 2 is 2.29 bits per heavy atom. The van der Waals surface area contributed by atoms with E-state index in [0.29, 0.717) is 18.8 Å². The van der Waals surface area contributed by atoms with Gasteiger partial charge in [0, 0.05) is 6.42 Å². The number of ketones is 1. The molecule has 0 heterocycles. The van der Waals surface area contributed by atoms with Crippen LogP contribution in [0.5, 0.6) is 0 Å². The van der Waals surface area contributed by atoms with Crippen molar-refractivity contribution in [2.45, 2.75) is 45.1 Å². The van der Waals surface area contributed by atoms with Crippen LogP contribution in [0, 0.1) is 11.3 Å². The summed E-state index contributed by atoms with van der Waals surface area (Å²) in [6.07, 6.45) is 3.74. The van der Waals surface area contributed by atoms with Gasteiger partial charge in [-0.1, -0.05) is 19.1 Å². The molecule has 2 aliphatic carbocycles. The molecule has 2 heteroatoms. The number of rotatable bonds is 0. The van der Waals surface area contributed by atoms with Crippen molar-refractivity contribution in [3.05, 3.63) is 12.2 Å². The maximum Gasteiger partial charge on any atom is 0.161 e. The van der Waals surface area contributed by atoms with Crippen molar-refractivity contribution >= 4 is 5.78 Å². The van der Waals surface area contributed by atoms with Crippen LogP contribution in [0.4, 0.5) is 0 Å². The highest BCUT2D eigenvalue weighted by molar-refractivity contribution is 5.84. The van der Waals surface area contributed by atoms with Crippen LogP contribution in [0.3, 0.4) is 0 Å². The average Bonchev–Trinajstić information content (AvgIpc) is 2.09. The van der Waals surface area contributed by atoms with Gasteiger partial charge in [0.25, 0.3) is 0 Å². The highest BCUT2D eigenvalue weighted by Gasteiger charge is 2.45. The Balaban J connectivity index is 2.25. The van der Waals surface area contributed by atoms with Crippen molar-refractivity contribution < 1.29 is 9.90 Å². The van der Waals surface area contributed by atoms with Crippen LogP contribution in [0.2, 0.25) is 0 Å². The van der Waals surface area contributed by atoms with Crippen LogP contribution >= 0.6 is 0 Å². The van der Waals surface area contributed by atoms with Crippen LogP contribution in [-0.4, -0.2) is 17.0 Å². The molecule has 0 aromatic rings. The van der Waals surface area contributed by atoms with Crippen molar-refractivity contribution in [1.29, 1.82) is 0 Å². The van der Waals surface area contributed by atoms with Crippen molar-refractivity contribution in [1.82, 2.24) is 0 Å². The molecular weight excluding hydrogens is 176 g/mol. The van der Waals surface area contributed by atoms with Gasteiger partial charge in [0.2, 0.25) is 0 Å². The first-order valence-corrected chi connectivity index (χ1v) is 5.41. The number of fused-ring (bicyclic) bond motifs is 1. The van der Waals surface area contributed by atoms with Crippen molar-refractivity contribution in [2.75, 3.05) is 0 Å². The van der Waals surface area contributed by atoms with E-state index in [4.69, 9.17) is 0 Å². The smallest absolute Gasteiger partial charge is 0.161 e. The zero-order valence-electron chi connectivity index (χ0n) is 8.75. The minimum Gasteiger partial charge on any atom is -0.385 e. The molecule has 2 nitrogen and oxygen atoms in total. The first-order chi connectivity index (χ1) is 6.53. The lowest BCUT2D eigenvalue weighted by molar-refractivity contribution is -0.136. The minimum atomic E-state index is -0.733. The van der Waals surface area contributed by atoms with Crippen LogP contribution in [0.25, 0.3) is 0 Å². The van der Waals surface area contributed by atoms with Gasteiger partial charge in [-0.05, 0) is 37.0 Å². The van der Waals surface area contributed by atoms with E-state index in [1.165, 1.54) is 5.57 Å². The SMILES string of the molecule is C=C1CCC[C@@]2(C)CC(=O)C(O)C[C@H]12. The van der Waals surface area contributed by atoms with Gasteiger partial charge in [0.15, 0.2) is 5.78 Å². The molecule has 0 bridgehead atoms. The van der Waals surface area contributed by atoms with Crippen LogP contribution in [0.1, 0.15) is 39.0 Å². The van der Waals surface area contributed by atoms with Crippen LogP contribution in [-0.2, 0) is 4.79 Å². The maximum absolute atomic E-state index is 11.5. The topological polar surface area (TPSA) is 37.3 Å². The molecule has 1 unspecified atom stereocenters. The van der Waals surface area contributed by atoms with Crippen molar-refractivity contribution in [3.63, 3.8) is 0 Å². The second kappa shape index (κ2) is 3.20. The molecule has 0 amide bonds. The zero-order chi connectivity index (χ0) is 10.3. The van der Waals surface area contributed by atoms with Gasteiger partial charge < -0.3 is 5.11 Å². The summed E-state index contributed by atoms with van der Waals surface area (Å²) in [7, 11) is 0. The number of carbonyl (C=O) groups excluding carboxylic acids is 1. The summed E-state index contributed by atoms with van der Waals surface area (Å²) in [5.41, 5.74) is 1.33. The van der Waals surface area contributed by atoms with E-state index in [2.05, 4.69) is 13.5 Å². The lowest BCUT2D eigenvalue weighted by Crippen LogP contribution is -2.44. The summed E-state index contributed by atoms with van der Waals surface area (Å²) in [5, 5.41) is 9.56. The summed E-state index contributed by atoms with van der Waals surface area (Å²) in [5.74, 6) is 0.391. The molecule has 78 valence electrons. The Kier molecular flexibility index (Phi) is 2.26. The molecule has 0 spiro atoms. The van der Waals surface area contributed by atoms with Gasteiger partial charge in [0.05, 0.1) is 0 Å². The number of hydrogen-bond acceptors (Lipinski definition) is 2. The molecule has 0 aliphatic heterocycles. The summed E-state index contributed by atoms with van der Waals surface area (Å²) in [6.45, 7) is 6.25. The Labute approximate surface area is 85.0 Å². The van der Waals surface area contributed by atoms with Gasteiger partial charge in [-0.2, -0.15) is 0 Å². The van der Waals surface area contributed by atoms with E-state index in [1.807, 2.05) is 0 Å².